The first-order valence-corrected chi connectivity index (χ1v) is 7.57. The molecule has 0 aliphatic rings. The highest BCUT2D eigenvalue weighted by molar-refractivity contribution is 7.90. The van der Waals surface area contributed by atoms with Crippen LogP contribution in [0.4, 0.5) is 0 Å². The van der Waals surface area contributed by atoms with Crippen molar-refractivity contribution in [2.24, 2.45) is 0 Å². The molecule has 6 nitrogen and oxygen atoms in total. The molecule has 0 radical (unpaired) electrons. The molecule has 0 aliphatic carbocycles. The molecule has 0 amide bonds. The lowest BCUT2D eigenvalue weighted by Gasteiger charge is -2.04. The molecular weight excluding hydrogens is 304 g/mol. The van der Waals surface area contributed by atoms with Gasteiger partial charge in [0, 0.05) is 12.4 Å². The van der Waals surface area contributed by atoms with E-state index < -0.39 is 27.5 Å². The highest BCUT2D eigenvalue weighted by Gasteiger charge is 2.21. The van der Waals surface area contributed by atoms with Crippen molar-refractivity contribution in [1.29, 1.82) is 0 Å². The van der Waals surface area contributed by atoms with E-state index in [1.54, 1.807) is 12.1 Å². The number of carbonyl (C=O) groups is 1. The zero-order chi connectivity index (χ0) is 14.9. The van der Waals surface area contributed by atoms with Crippen molar-refractivity contribution in [2.45, 2.75) is 11.8 Å². The average molecular weight is 315 g/mol. The summed E-state index contributed by atoms with van der Waals surface area (Å²) in [6.07, 6.45) is 2.11. The third-order valence-corrected chi connectivity index (χ3v) is 4.60. The van der Waals surface area contributed by atoms with Crippen LogP contribution in [-0.2, 0) is 10.0 Å². The molecule has 8 heteroatoms. The monoisotopic (exact) mass is 314 g/mol. The summed E-state index contributed by atoms with van der Waals surface area (Å²) in [7, 11) is -4.02. The van der Waals surface area contributed by atoms with Crippen molar-refractivity contribution < 1.29 is 13.2 Å². The smallest absolute Gasteiger partial charge is 0.273 e. The van der Waals surface area contributed by atoms with E-state index in [4.69, 9.17) is 11.6 Å². The Morgan fingerprint density at radius 2 is 1.80 bits per heavy atom. The van der Waals surface area contributed by atoms with Gasteiger partial charge in [-0.15, -0.1) is 11.6 Å². The summed E-state index contributed by atoms with van der Waals surface area (Å²) >= 11 is 5.35. The van der Waals surface area contributed by atoms with Gasteiger partial charge in [-0.1, -0.05) is 17.7 Å². The predicted molar refractivity (Wildman–Crippen MR) is 73.8 cm³/mol. The topological polar surface area (TPSA) is 78.1 Å². The molecule has 1 heterocycles. The summed E-state index contributed by atoms with van der Waals surface area (Å²) in [6.45, 7) is 1.82. The Kier molecular flexibility index (Phi) is 3.82. The third-order valence-electron chi connectivity index (χ3n) is 2.71. The van der Waals surface area contributed by atoms with Crippen molar-refractivity contribution in [1.82, 2.24) is 8.54 Å². The van der Waals surface area contributed by atoms with Crippen LogP contribution < -0.4 is 5.69 Å². The van der Waals surface area contributed by atoms with Crippen molar-refractivity contribution in [3.05, 3.63) is 52.7 Å². The normalized spacial score (nSPS) is 11.5. The summed E-state index contributed by atoms with van der Waals surface area (Å²) < 4.78 is 25.8. The van der Waals surface area contributed by atoms with Gasteiger partial charge in [-0.3, -0.25) is 4.79 Å². The molecule has 0 saturated heterocycles. The predicted octanol–water partition coefficient (Wildman–Crippen LogP) is 1.07. The lowest BCUT2D eigenvalue weighted by Crippen LogP contribution is -2.32. The van der Waals surface area contributed by atoms with E-state index in [2.05, 4.69) is 0 Å². The Bertz CT molecular complexity index is 803. The van der Waals surface area contributed by atoms with E-state index in [-0.39, 0.29) is 4.90 Å². The maximum absolute atomic E-state index is 12.3. The number of aryl methyl sites for hydroxylation is 1. The summed E-state index contributed by atoms with van der Waals surface area (Å²) in [4.78, 5) is 23.3. The molecule has 1 aromatic heterocycles. The Morgan fingerprint density at radius 3 is 2.35 bits per heavy atom. The molecule has 0 atom stereocenters. The Hall–Kier alpha value is -1.86. The van der Waals surface area contributed by atoms with Gasteiger partial charge in [0.2, 0.25) is 5.91 Å². The number of hydrogen-bond acceptors (Lipinski definition) is 4. The molecule has 1 aromatic carbocycles. The molecule has 0 aliphatic heterocycles. The number of rotatable bonds is 3. The van der Waals surface area contributed by atoms with Gasteiger partial charge in [-0.25, -0.2) is 17.8 Å². The number of nitrogens with zero attached hydrogens (tertiary/aromatic N) is 2. The third kappa shape index (κ3) is 2.41. The van der Waals surface area contributed by atoms with Crippen LogP contribution in [-0.4, -0.2) is 28.7 Å². The number of alkyl halides is 1. The van der Waals surface area contributed by atoms with Gasteiger partial charge in [0.1, 0.15) is 5.88 Å². The first kappa shape index (κ1) is 14.5. The number of aromatic nitrogens is 2. The van der Waals surface area contributed by atoms with E-state index >= 15 is 0 Å². The van der Waals surface area contributed by atoms with Crippen LogP contribution in [0.25, 0.3) is 0 Å². The van der Waals surface area contributed by atoms with E-state index in [1.165, 1.54) is 12.1 Å². The fourth-order valence-electron chi connectivity index (χ4n) is 1.62. The lowest BCUT2D eigenvalue weighted by molar-refractivity contribution is 0.0936. The van der Waals surface area contributed by atoms with Gasteiger partial charge in [0.05, 0.1) is 4.90 Å². The van der Waals surface area contributed by atoms with Gasteiger partial charge in [0.15, 0.2) is 0 Å². The molecule has 2 rings (SSSR count). The van der Waals surface area contributed by atoms with Crippen molar-refractivity contribution >= 4 is 27.5 Å². The van der Waals surface area contributed by atoms with Gasteiger partial charge >= 0.3 is 5.69 Å². The molecule has 0 saturated carbocycles. The van der Waals surface area contributed by atoms with E-state index in [9.17, 15) is 18.0 Å². The van der Waals surface area contributed by atoms with Crippen LogP contribution >= 0.6 is 11.6 Å². The van der Waals surface area contributed by atoms with Crippen LogP contribution in [0.1, 0.15) is 10.4 Å². The largest absolute Gasteiger partial charge is 0.349 e. The summed E-state index contributed by atoms with van der Waals surface area (Å²) in [5.74, 6) is -1.09. The van der Waals surface area contributed by atoms with E-state index in [0.717, 1.165) is 18.0 Å². The van der Waals surface area contributed by atoms with Crippen molar-refractivity contribution in [2.75, 3.05) is 5.88 Å². The molecule has 0 fully saturated rings. The summed E-state index contributed by atoms with van der Waals surface area (Å²) in [5.41, 5.74) is -0.0672. The lowest BCUT2D eigenvalue weighted by atomic mass is 10.2. The molecule has 2 aromatic rings. The SMILES string of the molecule is Cc1ccc(S(=O)(=O)n2ccn(C(=O)CCl)c2=O)cc1. The van der Waals surface area contributed by atoms with Gasteiger partial charge in [-0.2, -0.15) is 3.97 Å². The molecule has 20 heavy (non-hydrogen) atoms. The Morgan fingerprint density at radius 1 is 1.20 bits per heavy atom. The fraction of sp³-hybridized carbons (Fsp3) is 0.167. The van der Waals surface area contributed by atoms with E-state index in [1.807, 2.05) is 6.92 Å². The maximum Gasteiger partial charge on any atom is 0.349 e. The van der Waals surface area contributed by atoms with Crippen LogP contribution in [0.2, 0.25) is 0 Å². The maximum atomic E-state index is 12.3. The molecule has 0 N–H and O–H groups in total. The van der Waals surface area contributed by atoms with Crippen LogP contribution in [0.3, 0.4) is 0 Å². The average Bonchev–Trinajstić information content (AvgIpc) is 2.81. The van der Waals surface area contributed by atoms with Crippen molar-refractivity contribution in [3.8, 4) is 0 Å². The second kappa shape index (κ2) is 5.26. The number of benzene rings is 1. The Balaban J connectivity index is 2.56. The minimum Gasteiger partial charge on any atom is -0.273 e. The van der Waals surface area contributed by atoms with Crippen LogP contribution in [0, 0.1) is 6.92 Å². The van der Waals surface area contributed by atoms with Crippen LogP contribution in [0.15, 0.2) is 46.3 Å². The highest BCUT2D eigenvalue weighted by atomic mass is 35.5. The standard InChI is InChI=1S/C12H11ClN2O4S/c1-9-2-4-10(5-3-9)20(18,19)15-7-6-14(12(15)17)11(16)8-13/h2-7H,8H2,1H3. The zero-order valence-electron chi connectivity index (χ0n) is 10.5. The molecular formula is C12H11ClN2O4S. The Labute approximate surface area is 120 Å². The molecule has 0 bridgehead atoms. The van der Waals surface area contributed by atoms with Crippen LogP contribution in [0.5, 0.6) is 0 Å². The van der Waals surface area contributed by atoms with E-state index in [0.29, 0.717) is 8.54 Å². The first-order chi connectivity index (χ1) is 9.37. The van der Waals surface area contributed by atoms with Gasteiger partial charge in [-0.05, 0) is 19.1 Å². The minimum absolute atomic E-state index is 0.0266. The zero-order valence-corrected chi connectivity index (χ0v) is 12.1. The summed E-state index contributed by atoms with van der Waals surface area (Å²) in [6, 6.07) is 6.05. The second-order valence-corrected chi connectivity index (χ2v) is 6.17. The first-order valence-electron chi connectivity index (χ1n) is 5.59. The number of imidazole rings is 1. The quantitative estimate of drug-likeness (QED) is 0.794. The summed E-state index contributed by atoms with van der Waals surface area (Å²) in [5, 5.41) is 0. The molecule has 0 unspecified atom stereocenters. The second-order valence-electron chi connectivity index (χ2n) is 4.09. The highest BCUT2D eigenvalue weighted by Crippen LogP contribution is 2.12. The fourth-order valence-corrected chi connectivity index (χ4v) is 2.97. The number of carbonyl (C=O) groups excluding carboxylic acids is 1. The minimum atomic E-state index is -4.02. The molecule has 106 valence electrons. The van der Waals surface area contributed by atoms with Crippen molar-refractivity contribution in [3.63, 3.8) is 0 Å². The van der Waals surface area contributed by atoms with Gasteiger partial charge in [0.25, 0.3) is 10.0 Å². The number of halogens is 1. The van der Waals surface area contributed by atoms with Gasteiger partial charge < -0.3 is 0 Å². The number of hydrogen-bond donors (Lipinski definition) is 0. The molecule has 0 spiro atoms.